The van der Waals surface area contributed by atoms with Crippen LogP contribution in [0.4, 0.5) is 0 Å². The number of rotatable bonds is 2. The molecule has 0 saturated heterocycles. The van der Waals surface area contributed by atoms with E-state index in [1.54, 1.807) is 0 Å². The van der Waals surface area contributed by atoms with Crippen LogP contribution in [0.15, 0.2) is 18.2 Å². The zero-order chi connectivity index (χ0) is 10.1. The molecule has 0 fully saturated rings. The largest absolute Gasteiger partial charge is 0.358 e. The first-order valence-corrected chi connectivity index (χ1v) is 5.01. The van der Waals surface area contributed by atoms with Crippen LogP contribution in [0.1, 0.15) is 16.8 Å². The van der Waals surface area contributed by atoms with Gasteiger partial charge >= 0.3 is 0 Å². The summed E-state index contributed by atoms with van der Waals surface area (Å²) in [6.07, 6.45) is 0.931. The molecule has 0 spiro atoms. The molecule has 0 aliphatic carbocycles. The number of hydrogen-bond donors (Lipinski definition) is 2. The lowest BCUT2D eigenvalue weighted by Gasteiger charge is -1.97. The van der Waals surface area contributed by atoms with Crippen molar-refractivity contribution in [2.45, 2.75) is 20.3 Å². The molecule has 0 aliphatic heterocycles. The molecule has 3 N–H and O–H groups in total. The Labute approximate surface area is 84.1 Å². The molecule has 1 aromatic carbocycles. The van der Waals surface area contributed by atoms with Gasteiger partial charge in [-0.15, -0.1) is 0 Å². The second kappa shape index (κ2) is 3.46. The quantitative estimate of drug-likeness (QED) is 0.746. The Morgan fingerprint density at radius 2 is 2.07 bits per heavy atom. The summed E-state index contributed by atoms with van der Waals surface area (Å²) in [6.45, 7) is 5.01. The minimum Gasteiger partial charge on any atom is -0.358 e. The van der Waals surface area contributed by atoms with E-state index < -0.39 is 0 Å². The topological polar surface area (TPSA) is 41.8 Å². The summed E-state index contributed by atoms with van der Waals surface area (Å²) in [5.74, 6) is 0. The minimum absolute atomic E-state index is 0.701. The van der Waals surface area contributed by atoms with E-state index in [4.69, 9.17) is 5.73 Å². The maximum Gasteiger partial charge on any atom is 0.0461 e. The van der Waals surface area contributed by atoms with Crippen LogP contribution in [-0.2, 0) is 6.42 Å². The maximum atomic E-state index is 5.57. The number of aromatic nitrogens is 1. The molecule has 1 aromatic heterocycles. The Morgan fingerprint density at radius 1 is 1.29 bits per heavy atom. The summed E-state index contributed by atoms with van der Waals surface area (Å²) in [6, 6.07) is 6.35. The molecule has 1 heterocycles. The monoisotopic (exact) mass is 188 g/mol. The number of aryl methyl sites for hydroxylation is 2. The molecule has 0 radical (unpaired) electrons. The number of benzene rings is 1. The number of H-pyrrole nitrogens is 1. The predicted octanol–water partition coefficient (Wildman–Crippen LogP) is 2.29. The second-order valence-electron chi connectivity index (χ2n) is 3.76. The number of hydrogen-bond acceptors (Lipinski definition) is 1. The summed E-state index contributed by atoms with van der Waals surface area (Å²) in [4.78, 5) is 3.43. The van der Waals surface area contributed by atoms with Crippen LogP contribution >= 0.6 is 0 Å². The van der Waals surface area contributed by atoms with E-state index in [0.29, 0.717) is 6.54 Å². The van der Waals surface area contributed by atoms with Crippen LogP contribution in [0, 0.1) is 13.8 Å². The van der Waals surface area contributed by atoms with Gasteiger partial charge in [0.15, 0.2) is 0 Å². The average molecular weight is 188 g/mol. The van der Waals surface area contributed by atoms with E-state index in [0.717, 1.165) is 6.42 Å². The van der Waals surface area contributed by atoms with E-state index in [9.17, 15) is 0 Å². The second-order valence-corrected chi connectivity index (χ2v) is 3.76. The van der Waals surface area contributed by atoms with Crippen molar-refractivity contribution in [3.63, 3.8) is 0 Å². The number of aromatic amines is 1. The lowest BCUT2D eigenvalue weighted by Crippen LogP contribution is -2.03. The van der Waals surface area contributed by atoms with Crippen LogP contribution in [-0.4, -0.2) is 11.5 Å². The predicted molar refractivity (Wildman–Crippen MR) is 60.5 cm³/mol. The normalized spacial score (nSPS) is 11.1. The van der Waals surface area contributed by atoms with Crippen molar-refractivity contribution in [2.24, 2.45) is 5.73 Å². The van der Waals surface area contributed by atoms with Gasteiger partial charge in [-0.2, -0.15) is 0 Å². The van der Waals surface area contributed by atoms with Crippen LogP contribution < -0.4 is 5.73 Å². The fourth-order valence-electron chi connectivity index (χ4n) is 2.07. The maximum absolute atomic E-state index is 5.57. The third kappa shape index (κ3) is 1.32. The van der Waals surface area contributed by atoms with Gasteiger partial charge in [0.05, 0.1) is 0 Å². The van der Waals surface area contributed by atoms with Crippen molar-refractivity contribution >= 4 is 10.9 Å². The highest BCUT2D eigenvalue weighted by Gasteiger charge is 2.07. The Balaban J connectivity index is 2.68. The molecule has 74 valence electrons. The molecule has 2 rings (SSSR count). The highest BCUT2D eigenvalue weighted by molar-refractivity contribution is 5.87. The first-order valence-electron chi connectivity index (χ1n) is 5.01. The third-order valence-electron chi connectivity index (χ3n) is 2.78. The lowest BCUT2D eigenvalue weighted by atomic mass is 10.1. The molecule has 14 heavy (non-hydrogen) atoms. The molecule has 2 heteroatoms. The number of fused-ring (bicyclic) bond motifs is 1. The van der Waals surface area contributed by atoms with Gasteiger partial charge in [-0.1, -0.05) is 12.1 Å². The number of nitrogens with two attached hydrogens (primary N) is 1. The zero-order valence-electron chi connectivity index (χ0n) is 8.72. The van der Waals surface area contributed by atoms with Gasteiger partial charge in [0.25, 0.3) is 0 Å². The van der Waals surface area contributed by atoms with E-state index in [1.165, 1.54) is 27.7 Å². The molecule has 0 saturated carbocycles. The summed E-state index contributed by atoms with van der Waals surface area (Å²) in [5, 5.41) is 1.36. The summed E-state index contributed by atoms with van der Waals surface area (Å²) < 4.78 is 0. The molecule has 0 unspecified atom stereocenters. The zero-order valence-corrected chi connectivity index (χ0v) is 8.72. The Bertz CT molecular complexity index is 455. The molecule has 0 bridgehead atoms. The van der Waals surface area contributed by atoms with Gasteiger partial charge in [0, 0.05) is 23.0 Å². The van der Waals surface area contributed by atoms with Gasteiger partial charge < -0.3 is 10.7 Å². The van der Waals surface area contributed by atoms with Gasteiger partial charge in [-0.3, -0.25) is 0 Å². The lowest BCUT2D eigenvalue weighted by molar-refractivity contribution is 0.930. The molecular formula is C12H16N2. The van der Waals surface area contributed by atoms with Crippen molar-refractivity contribution in [2.75, 3.05) is 6.54 Å². The van der Waals surface area contributed by atoms with Crippen molar-refractivity contribution < 1.29 is 0 Å². The van der Waals surface area contributed by atoms with Gasteiger partial charge in [-0.05, 0) is 37.6 Å². The van der Waals surface area contributed by atoms with Crippen molar-refractivity contribution in [1.29, 1.82) is 0 Å². The van der Waals surface area contributed by atoms with Crippen molar-refractivity contribution in [3.05, 3.63) is 35.0 Å². The highest BCUT2D eigenvalue weighted by Crippen LogP contribution is 2.24. The standard InChI is InChI=1S/C12H16N2/c1-8-4-3-5-11-12(8)9(2)10(14-11)6-7-13/h3-5,14H,6-7,13H2,1-2H3. The fraction of sp³-hybridized carbons (Fsp3) is 0.333. The Morgan fingerprint density at radius 3 is 2.71 bits per heavy atom. The first kappa shape index (κ1) is 9.28. The minimum atomic E-state index is 0.701. The average Bonchev–Trinajstić information content (AvgIpc) is 2.46. The highest BCUT2D eigenvalue weighted by atomic mass is 14.7. The molecule has 0 amide bonds. The molecule has 0 atom stereocenters. The van der Waals surface area contributed by atoms with Crippen LogP contribution in [0.3, 0.4) is 0 Å². The smallest absolute Gasteiger partial charge is 0.0461 e. The summed E-state index contributed by atoms with van der Waals surface area (Å²) in [7, 11) is 0. The SMILES string of the molecule is Cc1cccc2[nH]c(CCN)c(C)c12. The van der Waals surface area contributed by atoms with Crippen molar-refractivity contribution in [1.82, 2.24) is 4.98 Å². The van der Waals surface area contributed by atoms with E-state index in [-0.39, 0.29) is 0 Å². The van der Waals surface area contributed by atoms with E-state index in [2.05, 4.69) is 37.0 Å². The Kier molecular flexibility index (Phi) is 2.30. The van der Waals surface area contributed by atoms with Crippen molar-refractivity contribution in [3.8, 4) is 0 Å². The van der Waals surface area contributed by atoms with Crippen LogP contribution in [0.5, 0.6) is 0 Å². The van der Waals surface area contributed by atoms with Gasteiger partial charge in [0.1, 0.15) is 0 Å². The van der Waals surface area contributed by atoms with Gasteiger partial charge in [-0.25, -0.2) is 0 Å². The number of nitrogens with one attached hydrogen (secondary N) is 1. The van der Waals surface area contributed by atoms with E-state index in [1.807, 2.05) is 0 Å². The van der Waals surface area contributed by atoms with Crippen LogP contribution in [0.2, 0.25) is 0 Å². The molecule has 2 nitrogen and oxygen atoms in total. The summed E-state index contributed by atoms with van der Waals surface area (Å²) in [5.41, 5.74) is 10.8. The fourth-order valence-corrected chi connectivity index (χ4v) is 2.07. The molecule has 2 aromatic rings. The first-order chi connectivity index (χ1) is 6.74. The Hall–Kier alpha value is -1.28. The van der Waals surface area contributed by atoms with E-state index >= 15 is 0 Å². The third-order valence-corrected chi connectivity index (χ3v) is 2.78. The summed E-state index contributed by atoms with van der Waals surface area (Å²) >= 11 is 0. The van der Waals surface area contributed by atoms with Crippen LogP contribution in [0.25, 0.3) is 10.9 Å². The molecular weight excluding hydrogens is 172 g/mol. The van der Waals surface area contributed by atoms with Gasteiger partial charge in [0.2, 0.25) is 0 Å². The molecule has 0 aliphatic rings.